The molecule has 1 heterocycles. The molecular formula is C19H22N4O2. The van der Waals surface area contributed by atoms with Crippen molar-refractivity contribution in [2.24, 2.45) is 0 Å². The lowest BCUT2D eigenvalue weighted by Crippen LogP contribution is -2.56. The average Bonchev–Trinajstić information content (AvgIpc) is 2.77. The van der Waals surface area contributed by atoms with Gasteiger partial charge >= 0.3 is 12.1 Å². The van der Waals surface area contributed by atoms with E-state index in [4.69, 9.17) is 0 Å². The highest BCUT2D eigenvalue weighted by molar-refractivity contribution is 5.98. The SMILES string of the molecule is CN1C(=O)N(c2ccccc2)[C@@H](NC(=O)Nc2ccccc2)C1(C)C. The molecule has 25 heavy (non-hydrogen) atoms. The van der Waals surface area contributed by atoms with Gasteiger partial charge in [0.2, 0.25) is 0 Å². The molecule has 0 spiro atoms. The minimum Gasteiger partial charge on any atom is -0.318 e. The Hall–Kier alpha value is -3.02. The fraction of sp³-hybridized carbons (Fsp3) is 0.263. The van der Waals surface area contributed by atoms with Gasteiger partial charge in [0.1, 0.15) is 6.17 Å². The number of likely N-dealkylation sites (N-methyl/N-ethyl adjacent to an activating group) is 1. The number of hydrogen-bond acceptors (Lipinski definition) is 2. The quantitative estimate of drug-likeness (QED) is 0.900. The average molecular weight is 338 g/mol. The predicted molar refractivity (Wildman–Crippen MR) is 98.5 cm³/mol. The minimum atomic E-state index is -0.568. The Morgan fingerprint density at radius 3 is 2.16 bits per heavy atom. The summed E-state index contributed by atoms with van der Waals surface area (Å²) in [6, 6.07) is 18.0. The van der Waals surface area contributed by atoms with Gasteiger partial charge in [-0.1, -0.05) is 36.4 Å². The molecule has 2 aromatic carbocycles. The highest BCUT2D eigenvalue weighted by Crippen LogP contribution is 2.33. The number of carbonyl (C=O) groups is 2. The fourth-order valence-corrected chi connectivity index (χ4v) is 2.92. The number of nitrogens with one attached hydrogen (secondary N) is 2. The molecule has 130 valence electrons. The van der Waals surface area contributed by atoms with Crippen LogP contribution in [0.15, 0.2) is 60.7 Å². The summed E-state index contributed by atoms with van der Waals surface area (Å²) in [5, 5.41) is 5.74. The van der Waals surface area contributed by atoms with Crippen molar-refractivity contribution in [3.05, 3.63) is 60.7 Å². The highest BCUT2D eigenvalue weighted by Gasteiger charge is 2.51. The van der Waals surface area contributed by atoms with E-state index >= 15 is 0 Å². The summed E-state index contributed by atoms with van der Waals surface area (Å²) in [6.45, 7) is 3.86. The van der Waals surface area contributed by atoms with Gasteiger partial charge in [-0.3, -0.25) is 4.90 Å². The molecular weight excluding hydrogens is 316 g/mol. The molecule has 0 saturated carbocycles. The molecule has 3 rings (SSSR count). The van der Waals surface area contributed by atoms with E-state index in [0.29, 0.717) is 5.69 Å². The van der Waals surface area contributed by atoms with Crippen LogP contribution < -0.4 is 15.5 Å². The molecule has 1 fully saturated rings. The van der Waals surface area contributed by atoms with Crippen LogP contribution >= 0.6 is 0 Å². The van der Waals surface area contributed by atoms with Crippen LogP contribution in [0.25, 0.3) is 0 Å². The smallest absolute Gasteiger partial charge is 0.318 e. The number of rotatable bonds is 3. The molecule has 1 atom stereocenters. The molecule has 1 aliphatic heterocycles. The molecule has 4 amide bonds. The molecule has 6 nitrogen and oxygen atoms in total. The van der Waals surface area contributed by atoms with Crippen molar-refractivity contribution < 1.29 is 9.59 Å². The van der Waals surface area contributed by atoms with E-state index in [1.165, 1.54) is 0 Å². The van der Waals surface area contributed by atoms with Crippen LogP contribution in [-0.2, 0) is 0 Å². The van der Waals surface area contributed by atoms with E-state index in [1.54, 1.807) is 16.8 Å². The molecule has 0 aromatic heterocycles. The zero-order valence-electron chi connectivity index (χ0n) is 14.6. The number of anilines is 2. The van der Waals surface area contributed by atoms with Crippen LogP contribution in [-0.4, -0.2) is 35.7 Å². The topological polar surface area (TPSA) is 64.7 Å². The molecule has 6 heteroatoms. The Morgan fingerprint density at radius 2 is 1.56 bits per heavy atom. The van der Waals surface area contributed by atoms with Crippen LogP contribution in [0.4, 0.5) is 21.0 Å². The van der Waals surface area contributed by atoms with Crippen LogP contribution in [0.5, 0.6) is 0 Å². The second-order valence-electron chi connectivity index (χ2n) is 6.57. The molecule has 2 N–H and O–H groups in total. The second-order valence-corrected chi connectivity index (χ2v) is 6.57. The summed E-state index contributed by atoms with van der Waals surface area (Å²) >= 11 is 0. The van der Waals surface area contributed by atoms with Crippen LogP contribution in [0.3, 0.4) is 0 Å². The standard InChI is InChI=1S/C19H22N4O2/c1-19(2)16(21-17(24)20-14-10-6-4-7-11-14)23(18(25)22(19)3)15-12-8-5-9-13-15/h4-13,16H,1-3H3,(H2,20,21,24)/t16-/m1/s1. The van der Waals surface area contributed by atoms with E-state index in [0.717, 1.165) is 5.69 Å². The Bertz CT molecular complexity index is 762. The van der Waals surface area contributed by atoms with Crippen molar-refractivity contribution >= 4 is 23.4 Å². The first-order valence-corrected chi connectivity index (χ1v) is 8.16. The van der Waals surface area contributed by atoms with Crippen molar-refractivity contribution in [2.45, 2.75) is 25.6 Å². The number of urea groups is 2. The highest BCUT2D eigenvalue weighted by atomic mass is 16.2. The Balaban J connectivity index is 1.85. The number of hydrogen-bond donors (Lipinski definition) is 2. The van der Waals surface area contributed by atoms with Gasteiger partial charge in [0.15, 0.2) is 0 Å². The van der Waals surface area contributed by atoms with Crippen LogP contribution in [0, 0.1) is 0 Å². The lowest BCUT2D eigenvalue weighted by Gasteiger charge is -2.33. The molecule has 0 aliphatic carbocycles. The largest absolute Gasteiger partial charge is 0.326 e. The Morgan fingerprint density at radius 1 is 1.00 bits per heavy atom. The summed E-state index contributed by atoms with van der Waals surface area (Å²) < 4.78 is 0. The van der Waals surface area contributed by atoms with Crippen molar-refractivity contribution in [1.82, 2.24) is 10.2 Å². The third-order valence-corrected chi connectivity index (χ3v) is 4.62. The monoisotopic (exact) mass is 338 g/mol. The lowest BCUT2D eigenvalue weighted by molar-refractivity contribution is 0.180. The van der Waals surface area contributed by atoms with E-state index < -0.39 is 11.7 Å². The maximum atomic E-state index is 12.8. The van der Waals surface area contributed by atoms with Crippen molar-refractivity contribution in [3.8, 4) is 0 Å². The van der Waals surface area contributed by atoms with Gasteiger partial charge in [-0.2, -0.15) is 0 Å². The van der Waals surface area contributed by atoms with Crippen molar-refractivity contribution in [1.29, 1.82) is 0 Å². The first-order chi connectivity index (χ1) is 11.9. The molecule has 1 aliphatic rings. The molecule has 1 saturated heterocycles. The number of carbonyl (C=O) groups excluding carboxylic acids is 2. The van der Waals surface area contributed by atoms with Gasteiger partial charge in [0.05, 0.1) is 5.54 Å². The molecule has 0 bridgehead atoms. The zero-order valence-corrected chi connectivity index (χ0v) is 14.6. The Kier molecular flexibility index (Phi) is 4.35. The molecule has 0 unspecified atom stereocenters. The maximum absolute atomic E-state index is 12.8. The summed E-state index contributed by atoms with van der Waals surface area (Å²) in [7, 11) is 1.75. The number of benzene rings is 2. The van der Waals surface area contributed by atoms with Crippen LogP contribution in [0.2, 0.25) is 0 Å². The molecule has 0 radical (unpaired) electrons. The molecule has 2 aromatic rings. The van der Waals surface area contributed by atoms with E-state index in [9.17, 15) is 9.59 Å². The van der Waals surface area contributed by atoms with E-state index in [1.807, 2.05) is 74.5 Å². The van der Waals surface area contributed by atoms with Crippen molar-refractivity contribution in [2.75, 3.05) is 17.3 Å². The summed E-state index contributed by atoms with van der Waals surface area (Å²) in [6.07, 6.45) is -0.504. The van der Waals surface area contributed by atoms with Gasteiger partial charge < -0.3 is 15.5 Å². The van der Waals surface area contributed by atoms with Gasteiger partial charge in [0, 0.05) is 18.4 Å². The maximum Gasteiger partial charge on any atom is 0.326 e. The van der Waals surface area contributed by atoms with E-state index in [2.05, 4.69) is 10.6 Å². The number of amides is 4. The van der Waals surface area contributed by atoms with Crippen LogP contribution in [0.1, 0.15) is 13.8 Å². The second kappa shape index (κ2) is 6.47. The van der Waals surface area contributed by atoms with Gasteiger partial charge in [-0.25, -0.2) is 9.59 Å². The minimum absolute atomic E-state index is 0.152. The summed E-state index contributed by atoms with van der Waals surface area (Å²) in [5.74, 6) is 0. The lowest BCUT2D eigenvalue weighted by atomic mass is 10.0. The van der Waals surface area contributed by atoms with Gasteiger partial charge in [-0.05, 0) is 38.1 Å². The van der Waals surface area contributed by atoms with Crippen molar-refractivity contribution in [3.63, 3.8) is 0 Å². The first-order valence-electron chi connectivity index (χ1n) is 8.16. The fourth-order valence-electron chi connectivity index (χ4n) is 2.92. The first kappa shape index (κ1) is 16.8. The zero-order chi connectivity index (χ0) is 18.0. The summed E-state index contributed by atoms with van der Waals surface area (Å²) in [5.41, 5.74) is 0.873. The summed E-state index contributed by atoms with van der Waals surface area (Å²) in [4.78, 5) is 28.5. The third-order valence-electron chi connectivity index (χ3n) is 4.62. The number of para-hydroxylation sites is 2. The van der Waals surface area contributed by atoms with E-state index in [-0.39, 0.29) is 12.1 Å². The number of nitrogens with zero attached hydrogens (tertiary/aromatic N) is 2. The Labute approximate surface area is 147 Å². The van der Waals surface area contributed by atoms with Gasteiger partial charge in [-0.15, -0.1) is 0 Å². The third kappa shape index (κ3) is 3.15. The predicted octanol–water partition coefficient (Wildman–Crippen LogP) is 3.48. The normalized spacial score (nSPS) is 19.0. The van der Waals surface area contributed by atoms with Gasteiger partial charge in [0.25, 0.3) is 0 Å².